The van der Waals surface area contributed by atoms with E-state index in [9.17, 15) is 15.0 Å². The minimum absolute atomic E-state index is 0.184. The molecule has 3 aromatic rings. The maximum atomic E-state index is 13.3. The fraction of sp³-hybridized carbons (Fsp3) is 0.414. The summed E-state index contributed by atoms with van der Waals surface area (Å²) in [6.45, 7) is 9.29. The molecular formula is C29H35N3O4. The molecule has 2 heterocycles. The Hall–Kier alpha value is -3.29. The van der Waals surface area contributed by atoms with Crippen molar-refractivity contribution in [2.75, 3.05) is 6.54 Å². The molecular weight excluding hydrogens is 454 g/mol. The van der Waals surface area contributed by atoms with Crippen molar-refractivity contribution in [3.63, 3.8) is 0 Å². The van der Waals surface area contributed by atoms with Crippen LogP contribution in [0.15, 0.2) is 67.0 Å². The summed E-state index contributed by atoms with van der Waals surface area (Å²) >= 11 is 0. The van der Waals surface area contributed by atoms with E-state index in [0.29, 0.717) is 25.2 Å². The van der Waals surface area contributed by atoms with Gasteiger partial charge in [-0.2, -0.15) is 0 Å². The van der Waals surface area contributed by atoms with Crippen LogP contribution in [0.5, 0.6) is 0 Å². The first-order valence-corrected chi connectivity index (χ1v) is 12.3. The number of hydrogen-bond acceptors (Lipinski definition) is 6. The van der Waals surface area contributed by atoms with Crippen molar-refractivity contribution >= 4 is 6.09 Å². The highest BCUT2D eigenvalue weighted by Gasteiger charge is 2.46. The summed E-state index contributed by atoms with van der Waals surface area (Å²) in [6.07, 6.45) is 3.92. The Kier molecular flexibility index (Phi) is 6.90. The van der Waals surface area contributed by atoms with Crippen LogP contribution in [0.25, 0.3) is 11.1 Å². The summed E-state index contributed by atoms with van der Waals surface area (Å²) in [6, 6.07) is 17.4. The molecule has 7 nitrogen and oxygen atoms in total. The van der Waals surface area contributed by atoms with Crippen LogP contribution in [-0.2, 0) is 15.9 Å². The summed E-state index contributed by atoms with van der Waals surface area (Å²) in [4.78, 5) is 23.6. The van der Waals surface area contributed by atoms with Gasteiger partial charge in [0.1, 0.15) is 11.2 Å². The molecule has 36 heavy (non-hydrogen) atoms. The van der Waals surface area contributed by atoms with Gasteiger partial charge in [-0.05, 0) is 51.3 Å². The third kappa shape index (κ3) is 5.58. The van der Waals surface area contributed by atoms with Crippen LogP contribution in [0.1, 0.15) is 70.5 Å². The van der Waals surface area contributed by atoms with Crippen LogP contribution in [0.3, 0.4) is 0 Å². The van der Waals surface area contributed by atoms with E-state index in [1.807, 2.05) is 61.5 Å². The van der Waals surface area contributed by atoms with E-state index in [4.69, 9.17) is 4.74 Å². The number of carbonyl (C=O) groups is 1. The molecule has 0 aliphatic carbocycles. The van der Waals surface area contributed by atoms with Gasteiger partial charge in [0, 0.05) is 37.3 Å². The predicted octanol–water partition coefficient (Wildman–Crippen LogP) is 5.33. The van der Waals surface area contributed by atoms with Crippen LogP contribution in [0.4, 0.5) is 4.79 Å². The smallest absolute Gasteiger partial charge is 0.411 e. The van der Waals surface area contributed by atoms with Crippen molar-refractivity contribution in [2.24, 2.45) is 0 Å². The summed E-state index contributed by atoms with van der Waals surface area (Å²) in [5.74, 6) is 0.372. The van der Waals surface area contributed by atoms with Gasteiger partial charge in [0.2, 0.25) is 0 Å². The van der Waals surface area contributed by atoms with E-state index in [-0.39, 0.29) is 12.1 Å². The van der Waals surface area contributed by atoms with E-state index < -0.39 is 16.8 Å². The van der Waals surface area contributed by atoms with Crippen molar-refractivity contribution in [1.82, 2.24) is 14.9 Å². The zero-order valence-corrected chi connectivity index (χ0v) is 21.6. The van der Waals surface area contributed by atoms with Crippen LogP contribution >= 0.6 is 0 Å². The van der Waals surface area contributed by atoms with Gasteiger partial charge in [0.05, 0.1) is 11.6 Å². The normalized spacial score (nSPS) is 19.6. The highest BCUT2D eigenvalue weighted by atomic mass is 16.6. The van der Waals surface area contributed by atoms with Crippen LogP contribution in [0.2, 0.25) is 0 Å². The van der Waals surface area contributed by atoms with Crippen molar-refractivity contribution < 1.29 is 19.7 Å². The molecule has 7 heteroatoms. The number of ether oxygens (including phenoxy) is 1. The Morgan fingerprint density at radius 2 is 1.58 bits per heavy atom. The molecule has 1 aliphatic rings. The Bertz CT molecular complexity index is 1180. The minimum atomic E-state index is -1.09. The standard InChI is InChI=1S/C29H35N3O4/c1-20(21-11-13-22(14-12-21)23-17-30-25(31-18-23)28(4,5)35)32-16-15-29(36-26(32)33,19-27(2,3)34)24-9-7-6-8-10-24/h6-14,17-18,20,34-35H,15-16,19H2,1-5H3/t20-,29-/m0/s1. The molecule has 190 valence electrons. The second-order valence-electron chi connectivity index (χ2n) is 10.8. The van der Waals surface area contributed by atoms with Gasteiger partial charge in [0.25, 0.3) is 0 Å². The van der Waals surface area contributed by atoms with Gasteiger partial charge >= 0.3 is 6.09 Å². The first-order chi connectivity index (χ1) is 16.9. The third-order valence-electron chi connectivity index (χ3n) is 6.68. The van der Waals surface area contributed by atoms with Crippen molar-refractivity contribution in [3.8, 4) is 11.1 Å². The number of rotatable bonds is 7. The number of aliphatic hydroxyl groups is 2. The maximum Gasteiger partial charge on any atom is 0.411 e. The summed E-state index contributed by atoms with van der Waals surface area (Å²) in [5, 5.41) is 20.7. The second-order valence-corrected chi connectivity index (χ2v) is 10.8. The van der Waals surface area contributed by atoms with Crippen molar-refractivity contribution in [1.29, 1.82) is 0 Å². The highest BCUT2D eigenvalue weighted by molar-refractivity contribution is 5.70. The number of benzene rings is 2. The number of aromatic nitrogens is 2. The van der Waals surface area contributed by atoms with Gasteiger partial charge in [-0.25, -0.2) is 14.8 Å². The van der Waals surface area contributed by atoms with Crippen LogP contribution < -0.4 is 0 Å². The lowest BCUT2D eigenvalue weighted by atomic mass is 9.80. The van der Waals surface area contributed by atoms with E-state index >= 15 is 0 Å². The molecule has 0 radical (unpaired) electrons. The first kappa shape index (κ1) is 25.8. The summed E-state index contributed by atoms with van der Waals surface area (Å²) < 4.78 is 6.11. The number of hydrogen-bond donors (Lipinski definition) is 2. The Labute approximate surface area is 212 Å². The molecule has 0 bridgehead atoms. The Morgan fingerprint density at radius 3 is 2.11 bits per heavy atom. The van der Waals surface area contributed by atoms with E-state index in [2.05, 4.69) is 9.97 Å². The molecule has 1 amide bonds. The molecule has 4 rings (SSSR count). The molecule has 1 fully saturated rings. The van der Waals surface area contributed by atoms with Gasteiger partial charge in [-0.3, -0.25) is 0 Å². The molecule has 2 atom stereocenters. The lowest BCUT2D eigenvalue weighted by Crippen LogP contribution is -2.51. The van der Waals surface area contributed by atoms with Crippen LogP contribution in [0, 0.1) is 0 Å². The van der Waals surface area contributed by atoms with E-state index in [0.717, 1.165) is 22.3 Å². The predicted molar refractivity (Wildman–Crippen MR) is 138 cm³/mol. The molecule has 0 unspecified atom stereocenters. The molecule has 0 saturated carbocycles. The number of nitrogens with zero attached hydrogens (tertiary/aromatic N) is 3. The quantitative estimate of drug-likeness (QED) is 0.466. The largest absolute Gasteiger partial charge is 0.438 e. The second kappa shape index (κ2) is 9.64. The van der Waals surface area contributed by atoms with Crippen molar-refractivity contribution in [3.05, 3.63) is 83.9 Å². The number of cyclic esters (lactones) is 1. The lowest BCUT2D eigenvalue weighted by molar-refractivity contribution is -0.101. The summed E-state index contributed by atoms with van der Waals surface area (Å²) in [5.41, 5.74) is 0.725. The van der Waals surface area contributed by atoms with Gasteiger partial charge < -0.3 is 19.8 Å². The molecule has 2 N–H and O–H groups in total. The molecule has 0 spiro atoms. The maximum absolute atomic E-state index is 13.3. The topological polar surface area (TPSA) is 95.8 Å². The first-order valence-electron chi connectivity index (χ1n) is 12.3. The van der Waals surface area contributed by atoms with E-state index in [1.165, 1.54) is 0 Å². The summed E-state index contributed by atoms with van der Waals surface area (Å²) in [7, 11) is 0. The molecule has 2 aromatic carbocycles. The van der Waals surface area contributed by atoms with Crippen LogP contribution in [-0.4, -0.2) is 43.3 Å². The third-order valence-corrected chi connectivity index (χ3v) is 6.68. The Morgan fingerprint density at radius 1 is 0.972 bits per heavy atom. The minimum Gasteiger partial charge on any atom is -0.438 e. The number of amides is 1. The van der Waals surface area contributed by atoms with Crippen molar-refractivity contribution in [2.45, 2.75) is 70.3 Å². The van der Waals surface area contributed by atoms with Gasteiger partial charge in [-0.1, -0.05) is 54.6 Å². The fourth-order valence-electron chi connectivity index (χ4n) is 4.82. The average molecular weight is 490 g/mol. The monoisotopic (exact) mass is 489 g/mol. The molecule has 1 aromatic heterocycles. The lowest BCUT2D eigenvalue weighted by Gasteiger charge is -2.45. The molecule has 1 aliphatic heterocycles. The zero-order chi connectivity index (χ0) is 26.1. The van der Waals surface area contributed by atoms with E-state index in [1.54, 1.807) is 45.0 Å². The Balaban J connectivity index is 1.50. The average Bonchev–Trinajstić information content (AvgIpc) is 2.83. The van der Waals surface area contributed by atoms with Gasteiger partial charge in [0.15, 0.2) is 5.82 Å². The number of carbonyl (C=O) groups excluding carboxylic acids is 1. The fourth-order valence-corrected chi connectivity index (χ4v) is 4.82. The highest BCUT2D eigenvalue weighted by Crippen LogP contribution is 2.42. The van der Waals surface area contributed by atoms with Gasteiger partial charge in [-0.15, -0.1) is 0 Å². The zero-order valence-electron chi connectivity index (χ0n) is 21.6. The molecule has 1 saturated heterocycles. The SMILES string of the molecule is C[C@@H](c1ccc(-c2cnc(C(C)(C)O)nc2)cc1)N1CC[C@](CC(C)(C)O)(c2ccccc2)OC1=O.